The molecule has 0 radical (unpaired) electrons. The van der Waals surface area contributed by atoms with Gasteiger partial charge in [-0.25, -0.2) is 0 Å². The van der Waals surface area contributed by atoms with Crippen molar-refractivity contribution >= 4 is 21.6 Å². The molecular weight excluding hydrogens is 418 g/mol. The highest BCUT2D eigenvalue weighted by Crippen LogP contribution is 2.48. The zero-order valence-corrected chi connectivity index (χ0v) is 17.8. The molecule has 28 heavy (non-hydrogen) atoms. The molecule has 2 aromatic carbocycles. The van der Waals surface area contributed by atoms with Crippen LogP contribution in [-0.2, 0) is 0 Å². The average Bonchev–Trinajstić information content (AvgIpc) is 3.18. The van der Waals surface area contributed by atoms with Crippen LogP contribution in [0.25, 0.3) is 5.70 Å². The third-order valence-electron chi connectivity index (χ3n) is 6.14. The maximum Gasteiger partial charge on any atom is 0.191 e. The predicted octanol–water partition coefficient (Wildman–Crippen LogP) is 2.76. The fourth-order valence-corrected chi connectivity index (χ4v) is 4.89. The number of hydrogen-bond donors (Lipinski definition) is 2. The van der Waals surface area contributed by atoms with Crippen LogP contribution in [0.2, 0.25) is 0 Å². The summed E-state index contributed by atoms with van der Waals surface area (Å²) in [5.41, 5.74) is 6.79. The molecule has 3 heterocycles. The number of ether oxygens (including phenoxy) is 2. The monoisotopic (exact) mass is 442 g/mol. The molecule has 1 spiro atoms. The van der Waals surface area contributed by atoms with Crippen molar-refractivity contribution in [3.63, 3.8) is 0 Å². The van der Waals surface area contributed by atoms with Crippen LogP contribution in [0.4, 0.5) is 0 Å². The Morgan fingerprint density at radius 1 is 1.21 bits per heavy atom. The fourth-order valence-electron chi connectivity index (χ4n) is 4.51. The van der Waals surface area contributed by atoms with Crippen LogP contribution in [0.3, 0.4) is 0 Å². The number of hydrazine groups is 1. The molecule has 1 unspecified atom stereocenters. The molecule has 6 heteroatoms. The lowest BCUT2D eigenvalue weighted by atomic mass is 9.93. The summed E-state index contributed by atoms with van der Waals surface area (Å²) in [6.45, 7) is 2.20. The molecule has 0 amide bonds. The predicted molar refractivity (Wildman–Crippen MR) is 112 cm³/mol. The van der Waals surface area contributed by atoms with E-state index in [0.717, 1.165) is 53.2 Å². The standard InChI is InChI=1S/C22H24BrN3O2/c1-25-10-8-22(9-11-25)26-20(18-13-16(23)6-7-21(18)28-22)14-19(24-26)15-4-3-5-17(12-15)27-2/h3-7,12-14,20,24H,8-11H2,1-2H3/p+1. The second-order valence-corrected chi connectivity index (χ2v) is 8.84. The summed E-state index contributed by atoms with van der Waals surface area (Å²) in [5, 5.41) is 2.34. The Morgan fingerprint density at radius 2 is 2.04 bits per heavy atom. The number of hydrogen-bond acceptors (Lipinski definition) is 4. The molecule has 5 rings (SSSR count). The van der Waals surface area contributed by atoms with Gasteiger partial charge in [-0.05, 0) is 36.4 Å². The SMILES string of the molecule is COc1cccc(C2=CC3c4cc(Br)ccc4OC4(CC[NH+](C)CC4)N3N2)c1. The molecule has 1 saturated heterocycles. The van der Waals surface area contributed by atoms with Crippen molar-refractivity contribution < 1.29 is 14.4 Å². The van der Waals surface area contributed by atoms with Gasteiger partial charge in [0, 0.05) is 15.6 Å². The Labute approximate surface area is 174 Å². The number of quaternary nitrogens is 1. The van der Waals surface area contributed by atoms with Gasteiger partial charge in [-0.1, -0.05) is 28.1 Å². The molecule has 0 aromatic heterocycles. The first-order valence-electron chi connectivity index (χ1n) is 9.80. The quantitative estimate of drug-likeness (QED) is 0.749. The fraction of sp³-hybridized carbons (Fsp3) is 0.364. The van der Waals surface area contributed by atoms with E-state index >= 15 is 0 Å². The maximum absolute atomic E-state index is 6.68. The Morgan fingerprint density at radius 3 is 2.82 bits per heavy atom. The van der Waals surface area contributed by atoms with Crippen molar-refractivity contribution in [1.29, 1.82) is 0 Å². The maximum atomic E-state index is 6.68. The number of halogens is 1. The minimum absolute atomic E-state index is 0.140. The molecule has 0 bridgehead atoms. The number of fused-ring (bicyclic) bond motifs is 4. The van der Waals surface area contributed by atoms with Gasteiger partial charge in [0.1, 0.15) is 11.5 Å². The zero-order chi connectivity index (χ0) is 19.3. The molecule has 146 valence electrons. The smallest absolute Gasteiger partial charge is 0.191 e. The number of nitrogens with one attached hydrogen (secondary N) is 2. The van der Waals surface area contributed by atoms with Gasteiger partial charge in [0.15, 0.2) is 5.72 Å². The highest BCUT2D eigenvalue weighted by Gasteiger charge is 2.52. The molecule has 3 aliphatic heterocycles. The first-order valence-corrected chi connectivity index (χ1v) is 10.6. The molecule has 5 nitrogen and oxygen atoms in total. The van der Waals surface area contributed by atoms with Crippen molar-refractivity contribution in [2.24, 2.45) is 0 Å². The van der Waals surface area contributed by atoms with E-state index in [0.29, 0.717) is 0 Å². The zero-order valence-electron chi connectivity index (χ0n) is 16.2. The van der Waals surface area contributed by atoms with Gasteiger partial charge >= 0.3 is 0 Å². The number of rotatable bonds is 2. The summed E-state index contributed by atoms with van der Waals surface area (Å²) in [7, 11) is 3.96. The van der Waals surface area contributed by atoms with E-state index in [1.165, 1.54) is 5.56 Å². The van der Waals surface area contributed by atoms with Crippen LogP contribution in [-0.4, -0.2) is 38.0 Å². The molecule has 2 aromatic rings. The largest absolute Gasteiger partial charge is 0.497 e. The van der Waals surface area contributed by atoms with Crippen LogP contribution in [0.15, 0.2) is 53.0 Å². The van der Waals surface area contributed by atoms with Crippen molar-refractivity contribution in [1.82, 2.24) is 10.4 Å². The lowest BCUT2D eigenvalue weighted by molar-refractivity contribution is -0.888. The lowest BCUT2D eigenvalue weighted by Crippen LogP contribution is -3.11. The van der Waals surface area contributed by atoms with Crippen LogP contribution in [0.1, 0.15) is 30.0 Å². The Kier molecular flexibility index (Phi) is 4.38. The van der Waals surface area contributed by atoms with E-state index in [1.807, 2.05) is 12.1 Å². The summed E-state index contributed by atoms with van der Waals surface area (Å²) in [6.07, 6.45) is 4.31. The highest BCUT2D eigenvalue weighted by atomic mass is 79.9. The number of likely N-dealkylation sites (tertiary alicyclic amines) is 1. The highest BCUT2D eigenvalue weighted by molar-refractivity contribution is 9.10. The summed E-state index contributed by atoms with van der Waals surface area (Å²) >= 11 is 3.63. The van der Waals surface area contributed by atoms with E-state index in [1.54, 1.807) is 12.0 Å². The number of piperidine rings is 1. The molecule has 0 aliphatic carbocycles. The average molecular weight is 443 g/mol. The van der Waals surface area contributed by atoms with E-state index in [9.17, 15) is 0 Å². The Balaban J connectivity index is 1.58. The van der Waals surface area contributed by atoms with E-state index in [2.05, 4.69) is 69.8 Å². The Hall–Kier alpha value is -2.02. The van der Waals surface area contributed by atoms with Gasteiger partial charge in [-0.3, -0.25) is 0 Å². The van der Waals surface area contributed by atoms with Crippen LogP contribution >= 0.6 is 15.9 Å². The minimum atomic E-state index is -0.317. The first-order chi connectivity index (χ1) is 13.6. The van der Waals surface area contributed by atoms with E-state index in [4.69, 9.17) is 9.47 Å². The number of benzene rings is 2. The molecule has 0 saturated carbocycles. The van der Waals surface area contributed by atoms with Gasteiger partial charge < -0.3 is 19.8 Å². The molecule has 3 aliphatic rings. The molecule has 1 fully saturated rings. The Bertz CT molecular complexity index is 937. The third kappa shape index (κ3) is 2.91. The van der Waals surface area contributed by atoms with Gasteiger partial charge in [-0.2, -0.15) is 5.01 Å². The van der Waals surface area contributed by atoms with Crippen molar-refractivity contribution in [2.75, 3.05) is 27.2 Å². The third-order valence-corrected chi connectivity index (χ3v) is 6.63. The molecule has 2 N–H and O–H groups in total. The number of nitrogens with zero attached hydrogens (tertiary/aromatic N) is 1. The molecular formula is C22H25BrN3O2+. The van der Waals surface area contributed by atoms with Crippen molar-refractivity contribution in [3.05, 3.63) is 64.1 Å². The van der Waals surface area contributed by atoms with Gasteiger partial charge in [0.05, 0.1) is 51.8 Å². The van der Waals surface area contributed by atoms with Gasteiger partial charge in [-0.15, -0.1) is 0 Å². The second kappa shape index (κ2) is 6.79. The first kappa shape index (κ1) is 18.0. The summed E-state index contributed by atoms with van der Waals surface area (Å²) in [4.78, 5) is 1.56. The van der Waals surface area contributed by atoms with Gasteiger partial charge in [0.2, 0.25) is 0 Å². The minimum Gasteiger partial charge on any atom is -0.497 e. The summed E-state index contributed by atoms with van der Waals surface area (Å²) in [5.74, 6) is 1.86. The van der Waals surface area contributed by atoms with Crippen molar-refractivity contribution in [3.8, 4) is 11.5 Å². The van der Waals surface area contributed by atoms with E-state index in [-0.39, 0.29) is 11.8 Å². The second-order valence-electron chi connectivity index (χ2n) is 7.93. The van der Waals surface area contributed by atoms with E-state index < -0.39 is 0 Å². The van der Waals surface area contributed by atoms with Crippen LogP contribution in [0.5, 0.6) is 11.5 Å². The summed E-state index contributed by atoms with van der Waals surface area (Å²) in [6, 6.07) is 14.7. The number of methoxy groups -OCH3 is 1. The molecule has 1 atom stereocenters. The normalized spacial score (nSPS) is 28.8. The van der Waals surface area contributed by atoms with Crippen LogP contribution in [0, 0.1) is 0 Å². The van der Waals surface area contributed by atoms with Crippen molar-refractivity contribution in [2.45, 2.75) is 24.6 Å². The topological polar surface area (TPSA) is 38.2 Å². The summed E-state index contributed by atoms with van der Waals surface area (Å²) < 4.78 is 13.2. The van der Waals surface area contributed by atoms with Crippen LogP contribution < -0.4 is 19.8 Å². The lowest BCUT2D eigenvalue weighted by Gasteiger charge is -2.50. The van der Waals surface area contributed by atoms with Gasteiger partial charge in [0.25, 0.3) is 0 Å².